The van der Waals surface area contributed by atoms with E-state index in [-0.39, 0.29) is 17.8 Å². The first kappa shape index (κ1) is 20.9. The molecule has 1 aromatic rings. The van der Waals surface area contributed by atoms with E-state index in [1.807, 2.05) is 37.3 Å². The van der Waals surface area contributed by atoms with Crippen molar-refractivity contribution in [2.75, 3.05) is 33.9 Å². The minimum absolute atomic E-state index is 0.199. The van der Waals surface area contributed by atoms with Gasteiger partial charge in [-0.25, -0.2) is 4.79 Å². The van der Waals surface area contributed by atoms with Gasteiger partial charge in [0.25, 0.3) is 0 Å². The molecule has 0 aromatic heterocycles. The Balaban J connectivity index is 2.02. The lowest BCUT2D eigenvalue weighted by Gasteiger charge is -2.40. The second kappa shape index (κ2) is 9.50. The number of methoxy groups -OCH3 is 2. The predicted molar refractivity (Wildman–Crippen MR) is 100 cm³/mol. The van der Waals surface area contributed by atoms with Gasteiger partial charge in [-0.15, -0.1) is 0 Å². The van der Waals surface area contributed by atoms with E-state index in [9.17, 15) is 14.4 Å². The summed E-state index contributed by atoms with van der Waals surface area (Å²) in [6.45, 7) is 3.57. The second-order valence-corrected chi connectivity index (χ2v) is 6.86. The number of hydrogen-bond donors (Lipinski definition) is 1. The van der Waals surface area contributed by atoms with Gasteiger partial charge in [0.15, 0.2) is 0 Å². The summed E-state index contributed by atoms with van der Waals surface area (Å²) in [5.74, 6) is -1.26. The van der Waals surface area contributed by atoms with Gasteiger partial charge >= 0.3 is 11.9 Å². The van der Waals surface area contributed by atoms with Crippen LogP contribution in [-0.2, 0) is 23.9 Å². The highest BCUT2D eigenvalue weighted by atomic mass is 16.5. The standard InChI is InChI=1S/C20H28N2O5/c1-15(16-7-5-4-6-8-16)18(24)21-20(19(25)27-3)10-13-22(14-11-20)12-9-17(23)26-2/h4-8,15H,9-14H2,1-3H3,(H,21,24). The molecule has 7 heteroatoms. The summed E-state index contributed by atoms with van der Waals surface area (Å²) in [7, 11) is 2.70. The summed E-state index contributed by atoms with van der Waals surface area (Å²) in [5.41, 5.74) is -0.137. The average molecular weight is 376 g/mol. The number of benzene rings is 1. The number of ether oxygens (including phenoxy) is 2. The van der Waals surface area contributed by atoms with Gasteiger partial charge < -0.3 is 19.7 Å². The van der Waals surface area contributed by atoms with Gasteiger partial charge in [-0.3, -0.25) is 9.59 Å². The van der Waals surface area contributed by atoms with E-state index in [0.29, 0.717) is 38.9 Å². The fourth-order valence-corrected chi connectivity index (χ4v) is 3.32. The quantitative estimate of drug-likeness (QED) is 0.726. The Bertz CT molecular complexity index is 654. The van der Waals surface area contributed by atoms with Crippen molar-refractivity contribution in [1.29, 1.82) is 0 Å². The topological polar surface area (TPSA) is 84.9 Å². The lowest BCUT2D eigenvalue weighted by Crippen LogP contribution is -2.61. The van der Waals surface area contributed by atoms with Gasteiger partial charge in [0, 0.05) is 19.6 Å². The summed E-state index contributed by atoms with van der Waals surface area (Å²) < 4.78 is 9.65. The third-order valence-corrected chi connectivity index (χ3v) is 5.20. The van der Waals surface area contributed by atoms with Crippen LogP contribution in [0.1, 0.15) is 37.7 Å². The molecule has 27 heavy (non-hydrogen) atoms. The molecule has 0 bridgehead atoms. The number of likely N-dealkylation sites (tertiary alicyclic amines) is 1. The van der Waals surface area contributed by atoms with Gasteiger partial charge in [0.1, 0.15) is 5.54 Å². The van der Waals surface area contributed by atoms with E-state index in [0.717, 1.165) is 5.56 Å². The van der Waals surface area contributed by atoms with Crippen LogP contribution >= 0.6 is 0 Å². The third kappa shape index (κ3) is 5.29. The monoisotopic (exact) mass is 376 g/mol. The first-order valence-electron chi connectivity index (χ1n) is 9.16. The van der Waals surface area contributed by atoms with Crippen LogP contribution < -0.4 is 5.32 Å². The Kier molecular flexibility index (Phi) is 7.36. The summed E-state index contributed by atoms with van der Waals surface area (Å²) in [5, 5.41) is 2.95. The minimum Gasteiger partial charge on any atom is -0.469 e. The van der Waals surface area contributed by atoms with Gasteiger partial charge in [0.05, 0.1) is 26.6 Å². The number of nitrogens with one attached hydrogen (secondary N) is 1. The molecule has 1 unspecified atom stereocenters. The van der Waals surface area contributed by atoms with Gasteiger partial charge in [-0.05, 0) is 25.3 Å². The van der Waals surface area contributed by atoms with Gasteiger partial charge in [0.2, 0.25) is 5.91 Å². The molecule has 1 aliphatic heterocycles. The van der Waals surface area contributed by atoms with Crippen molar-refractivity contribution in [2.45, 2.75) is 37.6 Å². The maximum Gasteiger partial charge on any atom is 0.331 e. The van der Waals surface area contributed by atoms with Crippen molar-refractivity contribution >= 4 is 17.8 Å². The fraction of sp³-hybridized carbons (Fsp3) is 0.550. The van der Waals surface area contributed by atoms with E-state index in [4.69, 9.17) is 4.74 Å². The Morgan fingerprint density at radius 1 is 1.11 bits per heavy atom. The number of piperidine rings is 1. The highest BCUT2D eigenvalue weighted by Crippen LogP contribution is 2.26. The molecule has 1 aliphatic rings. The molecular weight excluding hydrogens is 348 g/mol. The maximum atomic E-state index is 12.8. The highest BCUT2D eigenvalue weighted by molar-refractivity contribution is 5.91. The molecule has 0 saturated carbocycles. The Morgan fingerprint density at radius 3 is 2.30 bits per heavy atom. The van der Waals surface area contributed by atoms with Crippen molar-refractivity contribution in [2.24, 2.45) is 0 Å². The molecule has 1 saturated heterocycles. The number of carbonyl (C=O) groups excluding carboxylic acids is 3. The molecule has 0 aliphatic carbocycles. The maximum absolute atomic E-state index is 12.8. The van der Waals surface area contributed by atoms with Crippen molar-refractivity contribution in [3.8, 4) is 0 Å². The van der Waals surface area contributed by atoms with Crippen LogP contribution in [0.5, 0.6) is 0 Å². The summed E-state index contributed by atoms with van der Waals surface area (Å²) in [6.07, 6.45) is 1.18. The van der Waals surface area contributed by atoms with Crippen LogP contribution in [0.2, 0.25) is 0 Å². The molecule has 1 N–H and O–H groups in total. The molecule has 2 rings (SSSR count). The van der Waals surface area contributed by atoms with E-state index < -0.39 is 11.5 Å². The second-order valence-electron chi connectivity index (χ2n) is 6.86. The molecule has 1 fully saturated rings. The van der Waals surface area contributed by atoms with Crippen molar-refractivity contribution in [3.63, 3.8) is 0 Å². The van der Waals surface area contributed by atoms with E-state index in [1.165, 1.54) is 14.2 Å². The molecule has 0 spiro atoms. The zero-order valence-corrected chi connectivity index (χ0v) is 16.2. The van der Waals surface area contributed by atoms with Crippen molar-refractivity contribution in [1.82, 2.24) is 10.2 Å². The van der Waals surface area contributed by atoms with Crippen LogP contribution in [-0.4, -0.2) is 62.1 Å². The lowest BCUT2D eigenvalue weighted by atomic mass is 9.86. The molecule has 148 valence electrons. The Hall–Kier alpha value is -2.41. The first-order valence-corrected chi connectivity index (χ1v) is 9.16. The number of amides is 1. The van der Waals surface area contributed by atoms with Gasteiger partial charge in [-0.1, -0.05) is 30.3 Å². The normalized spacial score (nSPS) is 17.6. The highest BCUT2D eigenvalue weighted by Gasteiger charge is 2.44. The summed E-state index contributed by atoms with van der Waals surface area (Å²) in [4.78, 5) is 38.7. The third-order valence-electron chi connectivity index (χ3n) is 5.20. The van der Waals surface area contributed by atoms with Gasteiger partial charge in [-0.2, -0.15) is 0 Å². The van der Waals surface area contributed by atoms with E-state index in [2.05, 4.69) is 15.0 Å². The number of carbonyl (C=O) groups is 3. The number of esters is 2. The molecule has 1 aromatic carbocycles. The Morgan fingerprint density at radius 2 is 1.74 bits per heavy atom. The molecule has 1 atom stereocenters. The molecule has 7 nitrogen and oxygen atoms in total. The number of nitrogens with zero attached hydrogens (tertiary/aromatic N) is 1. The smallest absolute Gasteiger partial charge is 0.331 e. The number of hydrogen-bond acceptors (Lipinski definition) is 6. The zero-order chi connectivity index (χ0) is 19.9. The van der Waals surface area contributed by atoms with Crippen LogP contribution in [0.4, 0.5) is 0 Å². The van der Waals surface area contributed by atoms with Crippen molar-refractivity contribution in [3.05, 3.63) is 35.9 Å². The minimum atomic E-state index is -1.03. The molecule has 1 heterocycles. The largest absolute Gasteiger partial charge is 0.469 e. The molecular formula is C20H28N2O5. The SMILES string of the molecule is COC(=O)CCN1CCC(NC(=O)C(C)c2ccccc2)(C(=O)OC)CC1. The lowest BCUT2D eigenvalue weighted by molar-refractivity contribution is -0.153. The van der Waals surface area contributed by atoms with E-state index in [1.54, 1.807) is 0 Å². The van der Waals surface area contributed by atoms with Crippen LogP contribution in [0, 0.1) is 0 Å². The zero-order valence-electron chi connectivity index (χ0n) is 16.2. The molecule has 1 amide bonds. The fourth-order valence-electron chi connectivity index (χ4n) is 3.32. The first-order chi connectivity index (χ1) is 12.9. The predicted octanol–water partition coefficient (Wildman–Crippen LogP) is 1.48. The average Bonchev–Trinajstić information content (AvgIpc) is 2.72. The summed E-state index contributed by atoms with van der Waals surface area (Å²) in [6, 6.07) is 9.45. The Labute approximate surface area is 160 Å². The molecule has 0 radical (unpaired) electrons. The number of rotatable bonds is 7. The summed E-state index contributed by atoms with van der Waals surface area (Å²) >= 11 is 0. The van der Waals surface area contributed by atoms with Crippen LogP contribution in [0.3, 0.4) is 0 Å². The van der Waals surface area contributed by atoms with Crippen LogP contribution in [0.25, 0.3) is 0 Å². The van der Waals surface area contributed by atoms with Crippen LogP contribution in [0.15, 0.2) is 30.3 Å². The van der Waals surface area contributed by atoms with Crippen molar-refractivity contribution < 1.29 is 23.9 Å². The van der Waals surface area contributed by atoms with E-state index >= 15 is 0 Å².